The van der Waals surface area contributed by atoms with E-state index in [-0.39, 0.29) is 37.1 Å². The molecule has 1 N–H and O–H groups in total. The van der Waals surface area contributed by atoms with Crippen LogP contribution in [0.1, 0.15) is 47.1 Å². The van der Waals surface area contributed by atoms with Gasteiger partial charge in [-0.2, -0.15) is 0 Å². The van der Waals surface area contributed by atoms with Crippen molar-refractivity contribution in [2.45, 2.75) is 48.5 Å². The van der Waals surface area contributed by atoms with Crippen molar-refractivity contribution in [3.8, 4) is 22.4 Å². The molecule has 0 fully saturated rings. The smallest absolute Gasteiger partial charge is 0.164 e. The number of fused-ring (bicyclic) bond motifs is 1. The molecule has 0 aliphatic carbocycles. The van der Waals surface area contributed by atoms with E-state index >= 15 is 0 Å². The summed E-state index contributed by atoms with van der Waals surface area (Å²) in [5.41, 5.74) is 5.86. The minimum absolute atomic E-state index is 0. The maximum atomic E-state index is 11.5. The number of nitrogens with zero attached hydrogens (tertiary/aromatic N) is 1. The Bertz CT molecular complexity index is 1380. The molecule has 0 bridgehead atoms. The monoisotopic (exact) mass is 671 g/mol. The predicted octanol–water partition coefficient (Wildman–Crippen LogP) is 8.76. The summed E-state index contributed by atoms with van der Waals surface area (Å²) in [6.45, 7) is 13.2. The van der Waals surface area contributed by atoms with Crippen molar-refractivity contribution in [3.63, 3.8) is 0 Å². The third-order valence-corrected chi connectivity index (χ3v) is 5.85. The standard InChI is InChI=1S/C22H16N.C11H20O2.Ir/c1-16-14-19-10-5-6-13-21(19)23-22(16)20-12-7-11-18(15-20)17-8-3-2-4-9-17;1-10(2,3)8(12)7-9(13)11(4,5)6;/h2-11,13-15H,1H3;7,12H,1-6H3;/q-1;;/b;8-7-;. The zero-order chi connectivity index (χ0) is 26.5. The van der Waals surface area contributed by atoms with E-state index in [1.54, 1.807) is 0 Å². The molecule has 1 heterocycles. The van der Waals surface area contributed by atoms with Gasteiger partial charge in [0.1, 0.15) is 5.76 Å². The molecule has 0 spiro atoms. The average molecular weight is 671 g/mol. The van der Waals surface area contributed by atoms with Gasteiger partial charge in [0, 0.05) is 37.0 Å². The van der Waals surface area contributed by atoms with Crippen LogP contribution in [0.3, 0.4) is 0 Å². The van der Waals surface area contributed by atoms with Gasteiger partial charge < -0.3 is 5.11 Å². The molecule has 0 saturated carbocycles. The third kappa shape index (κ3) is 8.21. The number of rotatable bonds is 3. The number of allylic oxidation sites excluding steroid dienone is 2. The van der Waals surface area contributed by atoms with Gasteiger partial charge in [-0.05, 0) is 29.6 Å². The quantitative estimate of drug-likeness (QED) is 0.135. The summed E-state index contributed by atoms with van der Waals surface area (Å²) in [7, 11) is 0. The van der Waals surface area contributed by atoms with Crippen LogP contribution >= 0.6 is 0 Å². The Kier molecular flexibility index (Phi) is 10.1. The number of benzene rings is 3. The van der Waals surface area contributed by atoms with Crippen molar-refractivity contribution in [1.82, 2.24) is 4.98 Å². The fourth-order valence-electron chi connectivity index (χ4n) is 3.46. The van der Waals surface area contributed by atoms with Crippen LogP contribution in [0, 0.1) is 23.8 Å². The minimum atomic E-state index is -0.417. The van der Waals surface area contributed by atoms with Gasteiger partial charge in [0.25, 0.3) is 0 Å². The van der Waals surface area contributed by atoms with Crippen LogP contribution in [-0.4, -0.2) is 15.9 Å². The second-order valence-corrected chi connectivity index (χ2v) is 11.1. The van der Waals surface area contributed by atoms with Crippen LogP contribution in [-0.2, 0) is 24.9 Å². The summed E-state index contributed by atoms with van der Waals surface area (Å²) >= 11 is 0. The number of aliphatic hydroxyl groups is 1. The van der Waals surface area contributed by atoms with Crippen molar-refractivity contribution in [3.05, 3.63) is 102 Å². The SMILES string of the molecule is CC(C)(C)C(=O)/C=C(\O)C(C)(C)C.Cc1cc2ccccc2nc1-c1[c-]ccc(-c2ccccc2)c1.[Ir]. The number of carbonyl (C=O) groups is 1. The van der Waals surface area contributed by atoms with Crippen molar-refractivity contribution in [2.75, 3.05) is 0 Å². The number of hydrogen-bond donors (Lipinski definition) is 1. The topological polar surface area (TPSA) is 50.2 Å². The van der Waals surface area contributed by atoms with E-state index in [2.05, 4.69) is 67.6 Å². The van der Waals surface area contributed by atoms with Crippen molar-refractivity contribution >= 4 is 16.7 Å². The molecule has 1 aromatic heterocycles. The summed E-state index contributed by atoms with van der Waals surface area (Å²) in [5, 5.41) is 10.7. The van der Waals surface area contributed by atoms with E-state index in [0.717, 1.165) is 16.8 Å². The molecule has 4 aromatic rings. The Morgan fingerprint density at radius 1 is 0.838 bits per heavy atom. The Morgan fingerprint density at radius 2 is 1.46 bits per heavy atom. The van der Waals surface area contributed by atoms with Gasteiger partial charge in [-0.25, -0.2) is 0 Å². The first-order chi connectivity index (χ1) is 16.9. The molecule has 37 heavy (non-hydrogen) atoms. The van der Waals surface area contributed by atoms with Gasteiger partial charge in [-0.1, -0.05) is 102 Å². The van der Waals surface area contributed by atoms with Crippen molar-refractivity contribution in [1.29, 1.82) is 0 Å². The Hall–Kier alpha value is -3.07. The largest absolute Gasteiger partial charge is 0.512 e. The van der Waals surface area contributed by atoms with Crippen LogP contribution in [0.2, 0.25) is 0 Å². The number of aromatic nitrogens is 1. The summed E-state index contributed by atoms with van der Waals surface area (Å²) < 4.78 is 0. The Balaban J connectivity index is 0.000000299. The van der Waals surface area contributed by atoms with Gasteiger partial charge in [0.2, 0.25) is 0 Å². The molecule has 3 nitrogen and oxygen atoms in total. The van der Waals surface area contributed by atoms with Crippen molar-refractivity contribution in [2.24, 2.45) is 10.8 Å². The first-order valence-corrected chi connectivity index (χ1v) is 12.3. The average Bonchev–Trinajstić information content (AvgIpc) is 2.83. The first kappa shape index (κ1) is 30.2. The van der Waals surface area contributed by atoms with Crippen LogP contribution in [0.15, 0.2) is 90.7 Å². The van der Waals surface area contributed by atoms with Gasteiger partial charge in [0.05, 0.1) is 5.52 Å². The number of para-hydroxylation sites is 1. The fourth-order valence-corrected chi connectivity index (χ4v) is 3.46. The first-order valence-electron chi connectivity index (χ1n) is 12.3. The number of hydrogen-bond acceptors (Lipinski definition) is 3. The second-order valence-electron chi connectivity index (χ2n) is 11.1. The molecule has 0 atom stereocenters. The molecule has 0 aliphatic rings. The van der Waals surface area contributed by atoms with E-state index in [4.69, 9.17) is 4.98 Å². The van der Waals surface area contributed by atoms with Crippen LogP contribution < -0.4 is 0 Å². The number of pyridine rings is 1. The van der Waals surface area contributed by atoms with E-state index in [0.29, 0.717) is 0 Å². The van der Waals surface area contributed by atoms with Gasteiger partial charge in [0.15, 0.2) is 5.78 Å². The Morgan fingerprint density at radius 3 is 2.08 bits per heavy atom. The van der Waals surface area contributed by atoms with Gasteiger partial charge in [-0.15, -0.1) is 35.4 Å². The molecule has 4 rings (SSSR count). The molecule has 0 saturated heterocycles. The van der Waals surface area contributed by atoms with Crippen LogP contribution in [0.5, 0.6) is 0 Å². The zero-order valence-electron chi connectivity index (χ0n) is 22.7. The number of aryl methyl sites for hydroxylation is 1. The number of aliphatic hydroxyl groups excluding tert-OH is 1. The van der Waals surface area contributed by atoms with E-state index in [1.807, 2.05) is 65.8 Å². The maximum Gasteiger partial charge on any atom is 0.164 e. The molecule has 0 aliphatic heterocycles. The number of ketones is 1. The van der Waals surface area contributed by atoms with Gasteiger partial charge >= 0.3 is 0 Å². The normalized spacial score (nSPS) is 11.8. The molecule has 4 heteroatoms. The van der Waals surface area contributed by atoms with Crippen LogP contribution in [0.25, 0.3) is 33.3 Å². The molecule has 0 unspecified atom stereocenters. The van der Waals surface area contributed by atoms with E-state index in [1.165, 1.54) is 28.2 Å². The zero-order valence-corrected chi connectivity index (χ0v) is 25.1. The summed E-state index contributed by atoms with van der Waals surface area (Å²) in [6.07, 6.45) is 1.33. The molecule has 195 valence electrons. The predicted molar refractivity (Wildman–Crippen MR) is 151 cm³/mol. The molecular formula is C33H36IrNO2-. The van der Waals surface area contributed by atoms with Gasteiger partial charge in [-0.3, -0.25) is 9.78 Å². The van der Waals surface area contributed by atoms with Crippen LogP contribution in [0.4, 0.5) is 0 Å². The summed E-state index contributed by atoms with van der Waals surface area (Å²) in [4.78, 5) is 16.3. The maximum absolute atomic E-state index is 11.5. The minimum Gasteiger partial charge on any atom is -0.512 e. The van der Waals surface area contributed by atoms with Crippen molar-refractivity contribution < 1.29 is 30.0 Å². The number of carbonyl (C=O) groups excluding carboxylic acids is 1. The second kappa shape index (κ2) is 12.4. The van der Waals surface area contributed by atoms with E-state index < -0.39 is 5.41 Å². The summed E-state index contributed by atoms with van der Waals surface area (Å²) in [6, 6.07) is 30.4. The molecule has 1 radical (unpaired) electrons. The molecular weight excluding hydrogens is 635 g/mol. The fraction of sp³-hybridized carbons (Fsp3) is 0.273. The third-order valence-electron chi connectivity index (χ3n) is 5.85. The molecule has 0 amide bonds. The Labute approximate surface area is 235 Å². The summed E-state index contributed by atoms with van der Waals surface area (Å²) in [5.74, 6) is 0.104. The molecule has 3 aromatic carbocycles. The van der Waals surface area contributed by atoms with E-state index in [9.17, 15) is 9.90 Å².